The number of hydrogen-bond acceptors (Lipinski definition) is 5. The molecule has 1 amide bonds. The topological polar surface area (TPSA) is 55.1 Å². The maximum absolute atomic E-state index is 13.0. The van der Waals surface area contributed by atoms with Crippen LogP contribution in [0.5, 0.6) is 0 Å². The molecule has 152 valence electrons. The van der Waals surface area contributed by atoms with Crippen molar-refractivity contribution >= 4 is 29.0 Å². The standard InChI is InChI=1S/C22H16F2N2O2S2/c23-16-5-1-14(2-6-16)11-25-21(27)20-10-9-18(28-20)12-29-22-26-19(13-30-22)15-3-7-17(24)8-4-15/h1-10,13H,11-12H2,(H,25,27). The normalized spacial score (nSPS) is 10.9. The molecule has 0 aliphatic rings. The Morgan fingerprint density at radius 3 is 2.43 bits per heavy atom. The van der Waals surface area contributed by atoms with Gasteiger partial charge in [0.05, 0.1) is 11.4 Å². The Morgan fingerprint density at radius 1 is 1.00 bits per heavy atom. The molecule has 0 spiro atoms. The summed E-state index contributed by atoms with van der Waals surface area (Å²) in [6, 6.07) is 15.5. The molecule has 0 bridgehead atoms. The van der Waals surface area contributed by atoms with Crippen LogP contribution in [-0.2, 0) is 12.3 Å². The molecule has 0 aliphatic carbocycles. The number of rotatable bonds is 7. The zero-order valence-electron chi connectivity index (χ0n) is 15.6. The van der Waals surface area contributed by atoms with Gasteiger partial charge in [-0.2, -0.15) is 0 Å². The Hall–Kier alpha value is -2.97. The molecule has 30 heavy (non-hydrogen) atoms. The molecule has 0 fully saturated rings. The van der Waals surface area contributed by atoms with Crippen LogP contribution in [0, 0.1) is 11.6 Å². The third-order valence-electron chi connectivity index (χ3n) is 4.21. The fraction of sp³-hybridized carbons (Fsp3) is 0.0909. The molecule has 0 unspecified atom stereocenters. The summed E-state index contributed by atoms with van der Waals surface area (Å²) in [5, 5.41) is 4.67. The first-order valence-electron chi connectivity index (χ1n) is 9.02. The molecule has 0 saturated heterocycles. The van der Waals surface area contributed by atoms with Crippen molar-refractivity contribution in [3.05, 3.63) is 94.8 Å². The zero-order valence-corrected chi connectivity index (χ0v) is 17.2. The summed E-state index contributed by atoms with van der Waals surface area (Å²) >= 11 is 3.00. The molecule has 2 aromatic heterocycles. The van der Waals surface area contributed by atoms with E-state index in [1.807, 2.05) is 5.38 Å². The Kier molecular flexibility index (Phi) is 6.25. The molecule has 1 N–H and O–H groups in total. The number of carbonyl (C=O) groups excluding carboxylic acids is 1. The van der Waals surface area contributed by atoms with Crippen molar-refractivity contribution in [2.24, 2.45) is 0 Å². The number of nitrogens with one attached hydrogen (secondary N) is 1. The molecular formula is C22H16F2N2O2S2. The number of amides is 1. The molecule has 0 radical (unpaired) electrons. The van der Waals surface area contributed by atoms with Gasteiger partial charge in [-0.25, -0.2) is 13.8 Å². The van der Waals surface area contributed by atoms with Gasteiger partial charge in [0, 0.05) is 17.5 Å². The largest absolute Gasteiger partial charge is 0.455 e. The van der Waals surface area contributed by atoms with Gasteiger partial charge in [0.15, 0.2) is 10.1 Å². The maximum atomic E-state index is 13.0. The minimum absolute atomic E-state index is 0.221. The van der Waals surface area contributed by atoms with E-state index in [0.717, 1.165) is 21.2 Å². The lowest BCUT2D eigenvalue weighted by Crippen LogP contribution is -2.22. The van der Waals surface area contributed by atoms with Gasteiger partial charge in [0.2, 0.25) is 0 Å². The van der Waals surface area contributed by atoms with Gasteiger partial charge in [0.1, 0.15) is 17.4 Å². The van der Waals surface area contributed by atoms with Crippen molar-refractivity contribution in [3.8, 4) is 11.3 Å². The van der Waals surface area contributed by atoms with Crippen LogP contribution in [0.25, 0.3) is 11.3 Å². The summed E-state index contributed by atoms with van der Waals surface area (Å²) in [4.78, 5) is 16.8. The van der Waals surface area contributed by atoms with Crippen LogP contribution in [0.2, 0.25) is 0 Å². The first kappa shape index (κ1) is 20.3. The van der Waals surface area contributed by atoms with E-state index in [9.17, 15) is 13.6 Å². The lowest BCUT2D eigenvalue weighted by molar-refractivity contribution is 0.0921. The fourth-order valence-electron chi connectivity index (χ4n) is 2.66. The molecule has 8 heteroatoms. The van der Waals surface area contributed by atoms with E-state index in [-0.39, 0.29) is 29.8 Å². The summed E-state index contributed by atoms with van der Waals surface area (Å²) in [6.07, 6.45) is 0. The van der Waals surface area contributed by atoms with Crippen LogP contribution < -0.4 is 5.32 Å². The van der Waals surface area contributed by atoms with Crippen molar-refractivity contribution in [3.63, 3.8) is 0 Å². The molecule has 2 heterocycles. The van der Waals surface area contributed by atoms with Crippen LogP contribution in [-0.4, -0.2) is 10.9 Å². The molecule has 0 aliphatic heterocycles. The van der Waals surface area contributed by atoms with Crippen LogP contribution >= 0.6 is 23.1 Å². The van der Waals surface area contributed by atoms with Gasteiger partial charge < -0.3 is 9.73 Å². The number of aromatic nitrogens is 1. The van der Waals surface area contributed by atoms with Crippen LogP contribution in [0.1, 0.15) is 21.9 Å². The third-order valence-corrected chi connectivity index (χ3v) is 6.26. The highest BCUT2D eigenvalue weighted by molar-refractivity contribution is 8.00. The van der Waals surface area contributed by atoms with Crippen molar-refractivity contribution in [1.82, 2.24) is 10.3 Å². The molecule has 2 aromatic carbocycles. The van der Waals surface area contributed by atoms with Gasteiger partial charge in [-0.05, 0) is 54.1 Å². The highest BCUT2D eigenvalue weighted by Crippen LogP contribution is 2.30. The van der Waals surface area contributed by atoms with Crippen LogP contribution in [0.15, 0.2) is 74.8 Å². The summed E-state index contributed by atoms with van der Waals surface area (Å²) in [7, 11) is 0. The molecule has 0 saturated carbocycles. The maximum Gasteiger partial charge on any atom is 0.287 e. The van der Waals surface area contributed by atoms with Crippen molar-refractivity contribution in [2.75, 3.05) is 0 Å². The minimum Gasteiger partial charge on any atom is -0.455 e. The summed E-state index contributed by atoms with van der Waals surface area (Å²) in [6.45, 7) is 0.287. The number of carbonyl (C=O) groups is 1. The van der Waals surface area contributed by atoms with Gasteiger partial charge in [-0.15, -0.1) is 11.3 Å². The molecule has 4 aromatic rings. The molecule has 4 rings (SSSR count). The highest BCUT2D eigenvalue weighted by atomic mass is 32.2. The number of furan rings is 1. The first-order chi connectivity index (χ1) is 14.6. The van der Waals surface area contributed by atoms with Crippen LogP contribution in [0.4, 0.5) is 8.78 Å². The number of thiazole rings is 1. The second-order valence-electron chi connectivity index (χ2n) is 6.37. The number of halogens is 2. The first-order valence-corrected chi connectivity index (χ1v) is 10.9. The lowest BCUT2D eigenvalue weighted by atomic mass is 10.2. The predicted molar refractivity (Wildman–Crippen MR) is 113 cm³/mol. The molecule has 0 atom stereocenters. The second-order valence-corrected chi connectivity index (χ2v) is 8.45. The fourth-order valence-corrected chi connectivity index (χ4v) is 4.39. The highest BCUT2D eigenvalue weighted by Gasteiger charge is 2.12. The Balaban J connectivity index is 1.30. The minimum atomic E-state index is -0.330. The number of hydrogen-bond donors (Lipinski definition) is 1. The van der Waals surface area contributed by atoms with E-state index < -0.39 is 0 Å². The predicted octanol–water partition coefficient (Wildman–Crippen LogP) is 5.90. The van der Waals surface area contributed by atoms with E-state index in [2.05, 4.69) is 10.3 Å². The average Bonchev–Trinajstić information content (AvgIpc) is 3.42. The Labute approximate surface area is 180 Å². The van der Waals surface area contributed by atoms with E-state index >= 15 is 0 Å². The lowest BCUT2D eigenvalue weighted by Gasteiger charge is -2.03. The van der Waals surface area contributed by atoms with Gasteiger partial charge >= 0.3 is 0 Å². The third kappa shape index (κ3) is 5.14. The summed E-state index contributed by atoms with van der Waals surface area (Å²) in [5.41, 5.74) is 2.45. The summed E-state index contributed by atoms with van der Waals surface area (Å²) < 4.78 is 32.5. The Morgan fingerprint density at radius 2 is 1.70 bits per heavy atom. The average molecular weight is 443 g/mol. The zero-order chi connectivity index (χ0) is 20.9. The van der Waals surface area contributed by atoms with Crippen molar-refractivity contribution < 1.29 is 18.0 Å². The van der Waals surface area contributed by atoms with Crippen molar-refractivity contribution in [1.29, 1.82) is 0 Å². The number of nitrogens with zero attached hydrogens (tertiary/aromatic N) is 1. The van der Waals surface area contributed by atoms with Crippen molar-refractivity contribution in [2.45, 2.75) is 16.6 Å². The Bertz CT molecular complexity index is 1140. The molecular weight excluding hydrogens is 426 g/mol. The van der Waals surface area contributed by atoms with Gasteiger partial charge in [0.25, 0.3) is 5.91 Å². The second kappa shape index (κ2) is 9.23. The molecule has 4 nitrogen and oxygen atoms in total. The van der Waals surface area contributed by atoms with Gasteiger partial charge in [-0.1, -0.05) is 23.9 Å². The smallest absolute Gasteiger partial charge is 0.287 e. The monoisotopic (exact) mass is 442 g/mol. The van der Waals surface area contributed by atoms with Gasteiger partial charge in [-0.3, -0.25) is 4.79 Å². The van der Waals surface area contributed by atoms with E-state index in [4.69, 9.17) is 4.42 Å². The van der Waals surface area contributed by atoms with Crippen LogP contribution in [0.3, 0.4) is 0 Å². The quantitative estimate of drug-likeness (QED) is 0.362. The SMILES string of the molecule is O=C(NCc1ccc(F)cc1)c1ccc(CSc2nc(-c3ccc(F)cc3)cs2)o1. The number of benzene rings is 2. The van der Waals surface area contributed by atoms with E-state index in [0.29, 0.717) is 11.5 Å². The van der Waals surface area contributed by atoms with E-state index in [1.165, 1.54) is 47.4 Å². The summed E-state index contributed by atoms with van der Waals surface area (Å²) in [5.74, 6) is 0.483. The number of thioether (sulfide) groups is 1. The van der Waals surface area contributed by atoms with E-state index in [1.54, 1.807) is 36.4 Å².